The van der Waals surface area contributed by atoms with Crippen molar-refractivity contribution in [1.82, 2.24) is 5.32 Å². The molecule has 0 heterocycles. The molecule has 9 heavy (non-hydrogen) atoms. The van der Waals surface area contributed by atoms with Crippen LogP contribution in [0.1, 0.15) is 13.3 Å². The predicted molar refractivity (Wildman–Crippen MR) is 42.8 cm³/mol. The lowest BCUT2D eigenvalue weighted by atomic mass is 10.3. The molecule has 1 N–H and O–H groups in total. The summed E-state index contributed by atoms with van der Waals surface area (Å²) in [5.74, 6) is 0. The van der Waals surface area contributed by atoms with Crippen LogP contribution in [0.25, 0.3) is 0 Å². The Balaban J connectivity index is 2.52. The summed E-state index contributed by atoms with van der Waals surface area (Å²) < 4.78 is -0.0616. The third-order valence-electron chi connectivity index (χ3n) is 1.64. The van der Waals surface area contributed by atoms with Crippen LogP contribution < -0.4 is 5.32 Å². The van der Waals surface area contributed by atoms with Crippen molar-refractivity contribution in [1.29, 1.82) is 0 Å². The third kappa shape index (κ3) is 1.15. The molecule has 0 bridgehead atoms. The quantitative estimate of drug-likeness (QED) is 0.587. The Bertz CT molecular complexity index is 148. The Kier molecular flexibility index (Phi) is 1.64. The van der Waals surface area contributed by atoms with E-state index in [-0.39, 0.29) is 8.77 Å². The van der Waals surface area contributed by atoms with Gasteiger partial charge in [-0.05, 0) is 13.3 Å². The van der Waals surface area contributed by atoms with E-state index in [4.69, 9.17) is 0 Å². The minimum Gasteiger partial charge on any atom is -0.351 e. The lowest BCUT2D eigenvalue weighted by molar-refractivity contribution is -0.110. The van der Waals surface area contributed by atoms with Crippen molar-refractivity contribution in [3.8, 4) is 0 Å². The summed E-state index contributed by atoms with van der Waals surface area (Å²) >= 11 is 6.81. The number of amides is 1. The second kappa shape index (κ2) is 1.95. The van der Waals surface area contributed by atoms with E-state index >= 15 is 0 Å². The molecule has 0 aliphatic heterocycles. The minimum absolute atomic E-state index is 0.0616. The standard InChI is InChI=1S/C5H7Br2NO/c1-4(8-3-9)2-5(4,6)7/h3H,2H2,1H3,(H,8,9). The highest BCUT2D eigenvalue weighted by atomic mass is 79.9. The predicted octanol–water partition coefficient (Wildman–Crippen LogP) is 1.38. The lowest BCUT2D eigenvalue weighted by Gasteiger charge is -2.09. The summed E-state index contributed by atoms with van der Waals surface area (Å²) in [5, 5.41) is 2.71. The molecule has 0 radical (unpaired) electrons. The molecule has 4 heteroatoms. The van der Waals surface area contributed by atoms with Gasteiger partial charge in [-0.2, -0.15) is 0 Å². The van der Waals surface area contributed by atoms with Gasteiger partial charge in [-0.1, -0.05) is 31.9 Å². The van der Waals surface area contributed by atoms with Crippen LogP contribution in [0, 0.1) is 0 Å². The molecule has 0 aromatic rings. The topological polar surface area (TPSA) is 29.1 Å². The maximum Gasteiger partial charge on any atom is 0.207 e. The van der Waals surface area contributed by atoms with Gasteiger partial charge in [-0.15, -0.1) is 0 Å². The SMILES string of the molecule is CC1(NC=O)CC1(Br)Br. The van der Waals surface area contributed by atoms with Gasteiger partial charge in [0.05, 0.1) is 5.54 Å². The van der Waals surface area contributed by atoms with E-state index in [0.29, 0.717) is 0 Å². The molecule has 1 amide bonds. The summed E-state index contributed by atoms with van der Waals surface area (Å²) in [5.41, 5.74) is -0.0885. The van der Waals surface area contributed by atoms with Crippen LogP contribution in [0.5, 0.6) is 0 Å². The maximum absolute atomic E-state index is 10.00. The van der Waals surface area contributed by atoms with Crippen LogP contribution in [0.15, 0.2) is 0 Å². The van der Waals surface area contributed by atoms with E-state index in [9.17, 15) is 4.79 Å². The van der Waals surface area contributed by atoms with Gasteiger partial charge in [0.2, 0.25) is 6.41 Å². The number of carbonyl (C=O) groups excluding carboxylic acids is 1. The first-order valence-corrected chi connectivity index (χ1v) is 4.20. The fourth-order valence-electron chi connectivity index (χ4n) is 0.687. The van der Waals surface area contributed by atoms with Gasteiger partial charge >= 0.3 is 0 Å². The molecule has 2 nitrogen and oxygen atoms in total. The van der Waals surface area contributed by atoms with Crippen molar-refractivity contribution in [3.05, 3.63) is 0 Å². The first kappa shape index (κ1) is 7.54. The zero-order chi connectivity index (χ0) is 7.12. The van der Waals surface area contributed by atoms with E-state index < -0.39 is 0 Å². The normalized spacial score (nSPS) is 37.7. The van der Waals surface area contributed by atoms with Crippen LogP contribution in [0.4, 0.5) is 0 Å². The molecule has 0 spiro atoms. The lowest BCUT2D eigenvalue weighted by Crippen LogP contribution is -2.31. The fraction of sp³-hybridized carbons (Fsp3) is 0.800. The van der Waals surface area contributed by atoms with Gasteiger partial charge in [0.1, 0.15) is 3.23 Å². The Morgan fingerprint density at radius 2 is 2.11 bits per heavy atom. The highest BCUT2D eigenvalue weighted by Crippen LogP contribution is 2.58. The van der Waals surface area contributed by atoms with Crippen molar-refractivity contribution in [2.45, 2.75) is 22.1 Å². The number of hydrogen-bond donors (Lipinski definition) is 1. The van der Waals surface area contributed by atoms with E-state index in [2.05, 4.69) is 37.2 Å². The largest absolute Gasteiger partial charge is 0.351 e. The molecule has 0 saturated heterocycles. The van der Waals surface area contributed by atoms with Crippen LogP contribution in [0.3, 0.4) is 0 Å². The number of rotatable bonds is 2. The number of carbonyl (C=O) groups is 1. The molecular weight excluding hydrogens is 250 g/mol. The van der Waals surface area contributed by atoms with E-state index in [1.807, 2.05) is 6.92 Å². The Hall–Kier alpha value is 0.430. The highest BCUT2D eigenvalue weighted by Gasteiger charge is 2.61. The molecule has 1 saturated carbocycles. The van der Waals surface area contributed by atoms with Crippen LogP contribution in [0.2, 0.25) is 0 Å². The third-order valence-corrected chi connectivity index (χ3v) is 3.95. The van der Waals surface area contributed by atoms with Crippen molar-refractivity contribution in [2.24, 2.45) is 0 Å². The van der Waals surface area contributed by atoms with E-state index in [0.717, 1.165) is 12.8 Å². The van der Waals surface area contributed by atoms with Gasteiger partial charge in [0, 0.05) is 0 Å². The monoisotopic (exact) mass is 255 g/mol. The first-order valence-electron chi connectivity index (χ1n) is 2.61. The first-order chi connectivity index (χ1) is 4.02. The number of nitrogens with one attached hydrogen (secondary N) is 1. The summed E-state index contributed by atoms with van der Waals surface area (Å²) in [4.78, 5) is 10.00. The number of halogens is 2. The summed E-state index contributed by atoms with van der Waals surface area (Å²) in [6.45, 7) is 1.98. The Morgan fingerprint density at radius 1 is 1.67 bits per heavy atom. The Morgan fingerprint density at radius 3 is 2.22 bits per heavy atom. The smallest absolute Gasteiger partial charge is 0.207 e. The summed E-state index contributed by atoms with van der Waals surface area (Å²) in [6, 6.07) is 0. The molecule has 1 aliphatic carbocycles. The summed E-state index contributed by atoms with van der Waals surface area (Å²) in [6.07, 6.45) is 1.66. The Labute approximate surface area is 70.6 Å². The maximum atomic E-state index is 10.00. The number of hydrogen-bond acceptors (Lipinski definition) is 1. The molecule has 52 valence electrons. The molecular formula is C5H7Br2NO. The highest BCUT2D eigenvalue weighted by molar-refractivity contribution is 9.25. The average Bonchev–Trinajstić information content (AvgIpc) is 2.07. The van der Waals surface area contributed by atoms with Gasteiger partial charge in [-0.3, -0.25) is 4.79 Å². The van der Waals surface area contributed by atoms with Gasteiger partial charge in [0.15, 0.2) is 0 Å². The van der Waals surface area contributed by atoms with Crippen LogP contribution in [-0.2, 0) is 4.79 Å². The van der Waals surface area contributed by atoms with E-state index in [1.54, 1.807) is 0 Å². The number of alkyl halides is 2. The van der Waals surface area contributed by atoms with Crippen molar-refractivity contribution in [2.75, 3.05) is 0 Å². The second-order valence-electron chi connectivity index (χ2n) is 2.48. The van der Waals surface area contributed by atoms with Crippen molar-refractivity contribution in [3.63, 3.8) is 0 Å². The zero-order valence-corrected chi connectivity index (χ0v) is 8.12. The van der Waals surface area contributed by atoms with Gasteiger partial charge in [0.25, 0.3) is 0 Å². The van der Waals surface area contributed by atoms with Gasteiger partial charge < -0.3 is 5.32 Å². The molecule has 1 rings (SSSR count). The van der Waals surface area contributed by atoms with Gasteiger partial charge in [-0.25, -0.2) is 0 Å². The zero-order valence-electron chi connectivity index (χ0n) is 4.95. The molecule has 0 aromatic carbocycles. The van der Waals surface area contributed by atoms with Crippen molar-refractivity contribution < 1.29 is 4.79 Å². The summed E-state index contributed by atoms with van der Waals surface area (Å²) in [7, 11) is 0. The molecule has 0 aromatic heterocycles. The van der Waals surface area contributed by atoms with Crippen LogP contribution in [-0.4, -0.2) is 15.2 Å². The molecule has 1 atom stereocenters. The second-order valence-corrected chi connectivity index (χ2v) is 6.25. The van der Waals surface area contributed by atoms with Crippen LogP contribution >= 0.6 is 31.9 Å². The fourth-order valence-corrected chi connectivity index (χ4v) is 2.04. The average molecular weight is 257 g/mol. The molecule has 1 unspecified atom stereocenters. The molecule has 1 aliphatic rings. The minimum atomic E-state index is -0.0885. The van der Waals surface area contributed by atoms with E-state index in [1.165, 1.54) is 0 Å². The molecule has 1 fully saturated rings. The van der Waals surface area contributed by atoms with Crippen molar-refractivity contribution >= 4 is 38.3 Å².